The molecule has 6 heteroatoms. The molecule has 96 valence electrons. The molecule has 0 amide bonds. The molecule has 1 aromatic carbocycles. The number of rotatable bonds is 2. The van der Waals surface area contributed by atoms with Crippen molar-refractivity contribution in [3.63, 3.8) is 0 Å². The molecule has 0 saturated carbocycles. The lowest BCUT2D eigenvalue weighted by Crippen LogP contribution is -2.24. The molecule has 1 N–H and O–H groups in total. The maximum Gasteiger partial charge on any atom is 0.269 e. The van der Waals surface area contributed by atoms with Crippen molar-refractivity contribution in [1.29, 1.82) is 0 Å². The van der Waals surface area contributed by atoms with Crippen molar-refractivity contribution in [2.24, 2.45) is 0 Å². The summed E-state index contributed by atoms with van der Waals surface area (Å²) in [6.07, 6.45) is 1.66. The van der Waals surface area contributed by atoms with Crippen LogP contribution in [0.15, 0.2) is 42.6 Å². The topological polar surface area (TPSA) is 77.3 Å². The van der Waals surface area contributed by atoms with Crippen molar-refractivity contribution < 1.29 is 9.66 Å². The minimum Gasteiger partial charge on any atom is -0.474 e. The van der Waals surface area contributed by atoms with Crippen LogP contribution in [0.5, 0.6) is 5.88 Å². The third-order valence-electron chi connectivity index (χ3n) is 2.97. The van der Waals surface area contributed by atoms with Gasteiger partial charge in [0.25, 0.3) is 5.69 Å². The van der Waals surface area contributed by atoms with Gasteiger partial charge in [0.05, 0.1) is 16.7 Å². The van der Waals surface area contributed by atoms with Gasteiger partial charge in [-0.15, -0.1) is 0 Å². The van der Waals surface area contributed by atoms with E-state index in [9.17, 15) is 10.1 Å². The molecule has 0 spiro atoms. The van der Waals surface area contributed by atoms with Gasteiger partial charge in [0.2, 0.25) is 5.88 Å². The Labute approximate surface area is 109 Å². The lowest BCUT2D eigenvalue weighted by molar-refractivity contribution is -0.384. The average molecular weight is 257 g/mol. The van der Waals surface area contributed by atoms with Crippen LogP contribution in [0.1, 0.15) is 11.6 Å². The summed E-state index contributed by atoms with van der Waals surface area (Å²) in [5.74, 6) is 0.559. The van der Waals surface area contributed by atoms with E-state index in [0.29, 0.717) is 12.5 Å². The molecule has 1 aliphatic heterocycles. The lowest BCUT2D eigenvalue weighted by Gasteiger charge is -2.26. The molecule has 2 aromatic rings. The Kier molecular flexibility index (Phi) is 2.75. The summed E-state index contributed by atoms with van der Waals surface area (Å²) in [6.45, 7) is 0.394. The number of fused-ring (bicyclic) bond motifs is 1. The number of anilines is 1. The summed E-state index contributed by atoms with van der Waals surface area (Å²) < 4.78 is 5.55. The van der Waals surface area contributed by atoms with E-state index in [1.807, 2.05) is 18.2 Å². The minimum atomic E-state index is -0.400. The van der Waals surface area contributed by atoms with Gasteiger partial charge in [-0.25, -0.2) is 4.98 Å². The fraction of sp³-hybridized carbons (Fsp3) is 0.154. The predicted octanol–water partition coefficient (Wildman–Crippen LogP) is 2.54. The highest BCUT2D eigenvalue weighted by molar-refractivity contribution is 5.55. The molecule has 0 radical (unpaired) electrons. The van der Waals surface area contributed by atoms with Crippen molar-refractivity contribution in [1.82, 2.24) is 4.98 Å². The molecule has 1 unspecified atom stereocenters. The van der Waals surface area contributed by atoms with E-state index in [1.165, 1.54) is 6.07 Å². The summed E-state index contributed by atoms with van der Waals surface area (Å²) in [4.78, 5) is 14.5. The molecule has 0 fully saturated rings. The van der Waals surface area contributed by atoms with E-state index in [2.05, 4.69) is 10.3 Å². The predicted molar refractivity (Wildman–Crippen MR) is 69.2 cm³/mol. The van der Waals surface area contributed by atoms with E-state index in [4.69, 9.17) is 4.74 Å². The molecule has 19 heavy (non-hydrogen) atoms. The smallest absolute Gasteiger partial charge is 0.269 e. The van der Waals surface area contributed by atoms with Gasteiger partial charge in [-0.05, 0) is 17.7 Å². The van der Waals surface area contributed by atoms with Gasteiger partial charge in [0.15, 0.2) is 0 Å². The number of nitro benzene ring substituents is 1. The average Bonchev–Trinajstić information content (AvgIpc) is 2.47. The zero-order chi connectivity index (χ0) is 13.2. The number of pyridine rings is 1. The van der Waals surface area contributed by atoms with Crippen LogP contribution in [0.2, 0.25) is 0 Å². The second-order valence-electron chi connectivity index (χ2n) is 4.22. The standard InChI is InChI=1S/C13H11N3O3/c17-16(18)10-4-1-3-9(7-10)12-8-19-13-11(15-12)5-2-6-14-13/h1-7,12,15H,8H2. The highest BCUT2D eigenvalue weighted by Gasteiger charge is 2.22. The van der Waals surface area contributed by atoms with Gasteiger partial charge in [-0.2, -0.15) is 0 Å². The molecule has 1 atom stereocenters. The Balaban J connectivity index is 1.89. The van der Waals surface area contributed by atoms with Gasteiger partial charge in [0.1, 0.15) is 6.61 Å². The molecule has 0 saturated heterocycles. The minimum absolute atomic E-state index is 0.0799. The van der Waals surface area contributed by atoms with Gasteiger partial charge in [0, 0.05) is 18.3 Å². The largest absolute Gasteiger partial charge is 0.474 e. The second kappa shape index (κ2) is 4.56. The number of nitro groups is 1. The Morgan fingerprint density at radius 2 is 2.26 bits per heavy atom. The molecule has 0 aliphatic carbocycles. The van der Waals surface area contributed by atoms with Crippen LogP contribution in [0.3, 0.4) is 0 Å². The molecule has 1 aliphatic rings. The number of hydrogen-bond acceptors (Lipinski definition) is 5. The molecule has 6 nitrogen and oxygen atoms in total. The fourth-order valence-electron chi connectivity index (χ4n) is 2.04. The Morgan fingerprint density at radius 3 is 3.11 bits per heavy atom. The summed E-state index contributed by atoms with van der Waals surface area (Å²) in [6, 6.07) is 10.1. The van der Waals surface area contributed by atoms with Crippen molar-refractivity contribution >= 4 is 11.4 Å². The monoisotopic (exact) mass is 257 g/mol. The number of aromatic nitrogens is 1. The van der Waals surface area contributed by atoms with Gasteiger partial charge in [-0.3, -0.25) is 10.1 Å². The van der Waals surface area contributed by atoms with Gasteiger partial charge in [-0.1, -0.05) is 12.1 Å². The highest BCUT2D eigenvalue weighted by Crippen LogP contribution is 2.32. The number of non-ortho nitro benzene ring substituents is 1. The normalized spacial score (nSPS) is 16.9. The van der Waals surface area contributed by atoms with Crippen LogP contribution < -0.4 is 10.1 Å². The number of benzene rings is 1. The van der Waals surface area contributed by atoms with Crippen LogP contribution in [0.25, 0.3) is 0 Å². The first-order valence-corrected chi connectivity index (χ1v) is 5.83. The molecule has 0 bridgehead atoms. The quantitative estimate of drug-likeness (QED) is 0.660. The molecule has 2 heterocycles. The van der Waals surface area contributed by atoms with E-state index < -0.39 is 4.92 Å². The zero-order valence-corrected chi connectivity index (χ0v) is 9.95. The van der Waals surface area contributed by atoms with Crippen molar-refractivity contribution in [3.8, 4) is 5.88 Å². The molecular weight excluding hydrogens is 246 g/mol. The lowest BCUT2D eigenvalue weighted by atomic mass is 10.1. The first-order chi connectivity index (χ1) is 9.24. The van der Waals surface area contributed by atoms with E-state index >= 15 is 0 Å². The molecular formula is C13H11N3O3. The second-order valence-corrected chi connectivity index (χ2v) is 4.22. The maximum atomic E-state index is 10.8. The summed E-state index contributed by atoms with van der Waals surface area (Å²) in [5, 5.41) is 14.0. The Bertz CT molecular complexity index is 630. The van der Waals surface area contributed by atoms with Crippen LogP contribution in [0, 0.1) is 10.1 Å². The summed E-state index contributed by atoms with van der Waals surface area (Å²) >= 11 is 0. The maximum absolute atomic E-state index is 10.8. The number of ether oxygens (including phenoxy) is 1. The molecule has 3 rings (SSSR count). The first-order valence-electron chi connectivity index (χ1n) is 5.83. The van der Waals surface area contributed by atoms with Crippen LogP contribution in [0.4, 0.5) is 11.4 Å². The van der Waals surface area contributed by atoms with E-state index in [0.717, 1.165) is 11.3 Å². The number of hydrogen-bond donors (Lipinski definition) is 1. The summed E-state index contributed by atoms with van der Waals surface area (Å²) in [7, 11) is 0. The Morgan fingerprint density at radius 1 is 1.37 bits per heavy atom. The highest BCUT2D eigenvalue weighted by atomic mass is 16.6. The van der Waals surface area contributed by atoms with Crippen molar-refractivity contribution in [2.45, 2.75) is 6.04 Å². The summed E-state index contributed by atoms with van der Waals surface area (Å²) in [5.41, 5.74) is 1.70. The third-order valence-corrected chi connectivity index (χ3v) is 2.97. The van der Waals surface area contributed by atoms with Crippen LogP contribution in [-0.4, -0.2) is 16.5 Å². The van der Waals surface area contributed by atoms with Crippen molar-refractivity contribution in [3.05, 3.63) is 58.3 Å². The molecule has 1 aromatic heterocycles. The van der Waals surface area contributed by atoms with Crippen LogP contribution in [-0.2, 0) is 0 Å². The fourth-order valence-corrected chi connectivity index (χ4v) is 2.04. The van der Waals surface area contributed by atoms with Crippen LogP contribution >= 0.6 is 0 Å². The Hall–Kier alpha value is -2.63. The zero-order valence-electron chi connectivity index (χ0n) is 9.95. The first kappa shape index (κ1) is 11.5. The van der Waals surface area contributed by atoms with Gasteiger partial charge >= 0.3 is 0 Å². The van der Waals surface area contributed by atoms with E-state index in [1.54, 1.807) is 18.3 Å². The third kappa shape index (κ3) is 2.20. The number of nitrogens with one attached hydrogen (secondary N) is 1. The van der Waals surface area contributed by atoms with Gasteiger partial charge < -0.3 is 10.1 Å². The number of nitrogens with zero attached hydrogens (tertiary/aromatic N) is 2. The SMILES string of the molecule is O=[N+]([O-])c1cccc(C2COc3ncccc3N2)c1. The van der Waals surface area contributed by atoms with E-state index in [-0.39, 0.29) is 11.7 Å². The van der Waals surface area contributed by atoms with Crippen molar-refractivity contribution in [2.75, 3.05) is 11.9 Å².